The molecule has 0 bridgehead atoms. The van der Waals surface area contributed by atoms with Crippen LogP contribution in [0.15, 0.2) is 27.6 Å². The fourth-order valence-corrected chi connectivity index (χ4v) is 1.58. The molecule has 1 aromatic heterocycles. The number of rotatable bonds is 6. The van der Waals surface area contributed by atoms with Crippen molar-refractivity contribution in [2.75, 3.05) is 13.2 Å². The zero-order valence-electron chi connectivity index (χ0n) is 8.91. The average Bonchev–Trinajstić information content (AvgIpc) is 2.24. The number of nitrogens with zero attached hydrogens (tertiary/aromatic N) is 1. The highest BCUT2D eigenvalue weighted by Crippen LogP contribution is 2.00. The number of unbranched alkanes of at least 4 members (excludes halogenated alkanes) is 1. The van der Waals surface area contributed by atoms with E-state index in [2.05, 4.69) is 22.9 Å². The first-order valence-corrected chi connectivity index (χ1v) is 5.97. The summed E-state index contributed by atoms with van der Waals surface area (Å²) in [6, 6.07) is 3.59. The fraction of sp³-hybridized carbons (Fsp3) is 0.545. The van der Waals surface area contributed by atoms with E-state index in [1.165, 1.54) is 0 Å². The molecule has 0 N–H and O–H groups in total. The number of hydrogen-bond donors (Lipinski definition) is 0. The summed E-state index contributed by atoms with van der Waals surface area (Å²) >= 11 is 3.21. The van der Waals surface area contributed by atoms with Crippen LogP contribution in [0.1, 0.15) is 19.8 Å². The maximum Gasteiger partial charge on any atom is 0.264 e. The molecule has 15 heavy (non-hydrogen) atoms. The van der Waals surface area contributed by atoms with Gasteiger partial charge in [-0.1, -0.05) is 13.3 Å². The van der Waals surface area contributed by atoms with Gasteiger partial charge >= 0.3 is 0 Å². The second-order valence-electron chi connectivity index (χ2n) is 3.32. The van der Waals surface area contributed by atoms with E-state index >= 15 is 0 Å². The number of ether oxygens (including phenoxy) is 1. The van der Waals surface area contributed by atoms with E-state index in [0.29, 0.717) is 17.6 Å². The minimum Gasteiger partial charge on any atom is -0.380 e. The van der Waals surface area contributed by atoms with E-state index in [1.807, 2.05) is 6.07 Å². The van der Waals surface area contributed by atoms with E-state index < -0.39 is 0 Å². The molecule has 0 aliphatic carbocycles. The molecule has 0 aromatic carbocycles. The van der Waals surface area contributed by atoms with Gasteiger partial charge < -0.3 is 9.30 Å². The van der Waals surface area contributed by atoms with Crippen LogP contribution in [0, 0.1) is 0 Å². The molecule has 0 radical (unpaired) electrons. The van der Waals surface area contributed by atoms with Crippen molar-refractivity contribution in [1.82, 2.24) is 4.57 Å². The topological polar surface area (TPSA) is 31.2 Å². The van der Waals surface area contributed by atoms with Crippen LogP contribution >= 0.6 is 15.9 Å². The van der Waals surface area contributed by atoms with Crippen LogP contribution in [0.4, 0.5) is 0 Å². The van der Waals surface area contributed by atoms with Crippen molar-refractivity contribution in [3.05, 3.63) is 33.2 Å². The predicted molar refractivity (Wildman–Crippen MR) is 64.1 cm³/mol. The van der Waals surface area contributed by atoms with Gasteiger partial charge in [0.15, 0.2) is 0 Å². The predicted octanol–water partition coefficient (Wildman–Crippen LogP) is 2.43. The smallest absolute Gasteiger partial charge is 0.264 e. The molecular formula is C11H16BrNO2. The zero-order chi connectivity index (χ0) is 11.1. The summed E-state index contributed by atoms with van der Waals surface area (Å²) in [7, 11) is 0. The molecule has 1 heterocycles. The molecular weight excluding hydrogens is 258 g/mol. The standard InChI is InChI=1S/C11H16BrNO2/c1-2-3-8-15-9-7-13-6-4-5-10(12)11(13)14/h4-6H,2-3,7-9H2,1H3. The molecule has 1 rings (SSSR count). The first kappa shape index (κ1) is 12.5. The van der Waals surface area contributed by atoms with Crippen LogP contribution < -0.4 is 5.56 Å². The summed E-state index contributed by atoms with van der Waals surface area (Å²) in [4.78, 5) is 11.5. The molecule has 0 saturated heterocycles. The van der Waals surface area contributed by atoms with Crippen molar-refractivity contribution in [2.45, 2.75) is 26.3 Å². The Labute approximate surface area is 98.2 Å². The Bertz CT molecular complexity index is 349. The second-order valence-corrected chi connectivity index (χ2v) is 4.17. The Kier molecular flexibility index (Phi) is 5.65. The summed E-state index contributed by atoms with van der Waals surface area (Å²) in [5.41, 5.74) is -0.00316. The Balaban J connectivity index is 2.38. The summed E-state index contributed by atoms with van der Waals surface area (Å²) < 4.78 is 7.64. The quantitative estimate of drug-likeness (QED) is 0.746. The van der Waals surface area contributed by atoms with Gasteiger partial charge in [0.1, 0.15) is 0 Å². The Morgan fingerprint density at radius 3 is 3.00 bits per heavy atom. The summed E-state index contributed by atoms with van der Waals surface area (Å²) in [5, 5.41) is 0. The maximum absolute atomic E-state index is 11.5. The zero-order valence-corrected chi connectivity index (χ0v) is 10.5. The molecule has 0 spiro atoms. The van der Waals surface area contributed by atoms with Gasteiger partial charge in [0, 0.05) is 19.3 Å². The van der Waals surface area contributed by atoms with Gasteiger partial charge in [-0.25, -0.2) is 0 Å². The molecule has 0 aliphatic heterocycles. The Morgan fingerprint density at radius 2 is 2.27 bits per heavy atom. The van der Waals surface area contributed by atoms with E-state index in [9.17, 15) is 4.79 Å². The number of pyridine rings is 1. The largest absolute Gasteiger partial charge is 0.380 e. The average molecular weight is 274 g/mol. The molecule has 0 unspecified atom stereocenters. The number of aromatic nitrogens is 1. The number of halogens is 1. The third-order valence-electron chi connectivity index (χ3n) is 2.09. The highest BCUT2D eigenvalue weighted by molar-refractivity contribution is 9.10. The lowest BCUT2D eigenvalue weighted by atomic mass is 10.4. The fourth-order valence-electron chi connectivity index (χ4n) is 1.20. The second kappa shape index (κ2) is 6.80. The van der Waals surface area contributed by atoms with Gasteiger partial charge in [-0.2, -0.15) is 0 Å². The van der Waals surface area contributed by atoms with Gasteiger partial charge in [0.2, 0.25) is 0 Å². The van der Waals surface area contributed by atoms with Crippen LogP contribution in [0.3, 0.4) is 0 Å². The third kappa shape index (κ3) is 4.18. The lowest BCUT2D eigenvalue weighted by molar-refractivity contribution is 0.123. The molecule has 0 amide bonds. The van der Waals surface area contributed by atoms with Crippen molar-refractivity contribution in [1.29, 1.82) is 0 Å². The minimum atomic E-state index is -0.00316. The van der Waals surface area contributed by atoms with E-state index in [4.69, 9.17) is 4.74 Å². The van der Waals surface area contributed by atoms with Gasteiger partial charge in [-0.3, -0.25) is 4.79 Å². The first-order valence-electron chi connectivity index (χ1n) is 5.18. The van der Waals surface area contributed by atoms with E-state index in [-0.39, 0.29) is 5.56 Å². The number of hydrogen-bond acceptors (Lipinski definition) is 2. The van der Waals surface area contributed by atoms with Crippen molar-refractivity contribution in [3.63, 3.8) is 0 Å². The summed E-state index contributed by atoms with van der Waals surface area (Å²) in [5.74, 6) is 0. The maximum atomic E-state index is 11.5. The third-order valence-corrected chi connectivity index (χ3v) is 2.70. The van der Waals surface area contributed by atoms with Crippen LogP contribution in [-0.4, -0.2) is 17.8 Å². The highest BCUT2D eigenvalue weighted by atomic mass is 79.9. The van der Waals surface area contributed by atoms with Crippen LogP contribution in [0.25, 0.3) is 0 Å². The lowest BCUT2D eigenvalue weighted by Gasteiger charge is -2.06. The molecule has 3 nitrogen and oxygen atoms in total. The molecule has 0 atom stereocenters. The SMILES string of the molecule is CCCCOCCn1cccc(Br)c1=O. The summed E-state index contributed by atoms with van der Waals surface area (Å²) in [6.07, 6.45) is 3.99. The van der Waals surface area contributed by atoms with Gasteiger partial charge in [0.05, 0.1) is 11.1 Å². The first-order chi connectivity index (χ1) is 7.25. The monoisotopic (exact) mass is 273 g/mol. The van der Waals surface area contributed by atoms with Crippen molar-refractivity contribution >= 4 is 15.9 Å². The molecule has 0 fully saturated rings. The molecule has 84 valence electrons. The van der Waals surface area contributed by atoms with Crippen LogP contribution in [0.2, 0.25) is 0 Å². The van der Waals surface area contributed by atoms with E-state index in [1.54, 1.807) is 16.8 Å². The molecule has 1 aromatic rings. The minimum absolute atomic E-state index is 0.00316. The van der Waals surface area contributed by atoms with Crippen molar-refractivity contribution < 1.29 is 4.74 Å². The van der Waals surface area contributed by atoms with Crippen molar-refractivity contribution in [3.8, 4) is 0 Å². The normalized spacial score (nSPS) is 10.5. The lowest BCUT2D eigenvalue weighted by Crippen LogP contribution is -2.22. The highest BCUT2D eigenvalue weighted by Gasteiger charge is 1.98. The molecule has 0 saturated carbocycles. The van der Waals surface area contributed by atoms with Crippen LogP contribution in [0.5, 0.6) is 0 Å². The Morgan fingerprint density at radius 1 is 1.47 bits per heavy atom. The molecule has 0 aliphatic rings. The van der Waals surface area contributed by atoms with Gasteiger partial charge in [0.25, 0.3) is 5.56 Å². The molecule has 4 heteroatoms. The van der Waals surface area contributed by atoms with Crippen LogP contribution in [-0.2, 0) is 11.3 Å². The van der Waals surface area contributed by atoms with Gasteiger partial charge in [-0.05, 0) is 34.5 Å². The van der Waals surface area contributed by atoms with E-state index in [0.717, 1.165) is 19.4 Å². The van der Waals surface area contributed by atoms with Crippen molar-refractivity contribution in [2.24, 2.45) is 0 Å². The Hall–Kier alpha value is -0.610. The van der Waals surface area contributed by atoms with Gasteiger partial charge in [-0.15, -0.1) is 0 Å². The summed E-state index contributed by atoms with van der Waals surface area (Å²) in [6.45, 7) is 4.11.